The van der Waals surface area contributed by atoms with Crippen LogP contribution in [-0.2, 0) is 9.59 Å². The van der Waals surface area contributed by atoms with Crippen molar-refractivity contribution in [2.75, 3.05) is 44.7 Å². The van der Waals surface area contributed by atoms with E-state index >= 15 is 0 Å². The second-order valence-electron chi connectivity index (χ2n) is 9.32. The smallest absolute Gasteiger partial charge is 0.248 e. The van der Waals surface area contributed by atoms with Crippen molar-refractivity contribution in [2.24, 2.45) is 11.3 Å². The van der Waals surface area contributed by atoms with Crippen LogP contribution < -0.4 is 10.4 Å². The molecule has 1 aromatic carbocycles. The number of piperidine rings is 1. The molecule has 0 bridgehead atoms. The molecule has 3 aliphatic rings. The summed E-state index contributed by atoms with van der Waals surface area (Å²) in [6.45, 7) is 3.43. The van der Waals surface area contributed by atoms with Gasteiger partial charge in [0.15, 0.2) is 0 Å². The lowest BCUT2D eigenvalue weighted by Crippen LogP contribution is -2.61. The maximum Gasteiger partial charge on any atom is 0.248 e. The summed E-state index contributed by atoms with van der Waals surface area (Å²) in [5.74, 6) is -0.0550. The number of para-hydroxylation sites is 1. The maximum absolute atomic E-state index is 13.4. The van der Waals surface area contributed by atoms with Gasteiger partial charge in [-0.05, 0) is 49.9 Å². The third-order valence-electron chi connectivity index (χ3n) is 7.25. The van der Waals surface area contributed by atoms with Crippen molar-refractivity contribution in [3.05, 3.63) is 36.4 Å². The van der Waals surface area contributed by atoms with Crippen LogP contribution in [0.2, 0.25) is 0 Å². The van der Waals surface area contributed by atoms with Crippen LogP contribution in [0.5, 0.6) is 0 Å². The summed E-state index contributed by atoms with van der Waals surface area (Å²) in [5, 5.41) is 10.4. The number of rotatable bonds is 3. The number of piperazine rings is 1. The lowest BCUT2D eigenvalue weighted by molar-refractivity contribution is -0.150. The molecule has 2 saturated heterocycles. The van der Waals surface area contributed by atoms with Crippen molar-refractivity contribution in [1.29, 1.82) is 0 Å². The first kappa shape index (κ1) is 20.2. The molecule has 2 N–H and O–H groups in total. The van der Waals surface area contributed by atoms with E-state index in [1.54, 1.807) is 5.48 Å². The Labute approximate surface area is 181 Å². The SMILES string of the molecule is CN1CC2(CC2)CC(C(=O)NO)C1C(=O)N1CCN(c2ccc3ccccc3n2)CC1. The predicted octanol–water partition coefficient (Wildman–Crippen LogP) is 1.49. The average molecular weight is 424 g/mol. The number of anilines is 1. The molecule has 8 heteroatoms. The van der Waals surface area contributed by atoms with E-state index in [9.17, 15) is 14.8 Å². The molecular formula is C23H29N5O3. The summed E-state index contributed by atoms with van der Waals surface area (Å²) in [4.78, 5) is 36.7. The first-order valence-corrected chi connectivity index (χ1v) is 11.0. The van der Waals surface area contributed by atoms with Crippen molar-refractivity contribution in [3.63, 3.8) is 0 Å². The minimum atomic E-state index is -0.524. The number of benzene rings is 1. The standard InChI is InChI=1S/C23H29N5O3/c1-26-15-23(8-9-23)14-17(21(29)25-31)20(26)22(30)28-12-10-27(11-13-28)19-7-6-16-4-2-3-5-18(16)24-19/h2-7,17,20,31H,8-15H2,1H3,(H,25,29). The van der Waals surface area contributed by atoms with Gasteiger partial charge in [-0.25, -0.2) is 10.5 Å². The summed E-state index contributed by atoms with van der Waals surface area (Å²) >= 11 is 0. The highest BCUT2D eigenvalue weighted by Gasteiger charge is 2.55. The second kappa shape index (κ2) is 7.76. The van der Waals surface area contributed by atoms with Crippen LogP contribution in [0.3, 0.4) is 0 Å². The van der Waals surface area contributed by atoms with Gasteiger partial charge in [0.1, 0.15) is 11.9 Å². The molecule has 2 aromatic rings. The minimum Gasteiger partial charge on any atom is -0.353 e. The third kappa shape index (κ3) is 3.74. The molecule has 1 aromatic heterocycles. The number of nitrogens with one attached hydrogen (secondary N) is 1. The fourth-order valence-electron chi connectivity index (χ4n) is 5.37. The third-order valence-corrected chi connectivity index (χ3v) is 7.25. The Kier molecular flexibility index (Phi) is 5.06. The quantitative estimate of drug-likeness (QED) is 0.574. The van der Waals surface area contributed by atoms with Gasteiger partial charge in [0, 0.05) is 38.1 Å². The molecule has 1 aliphatic carbocycles. The average Bonchev–Trinajstić information content (AvgIpc) is 3.55. The van der Waals surface area contributed by atoms with Crippen LogP contribution >= 0.6 is 0 Å². The second-order valence-corrected chi connectivity index (χ2v) is 9.32. The highest BCUT2D eigenvalue weighted by molar-refractivity contribution is 5.90. The Hall–Kier alpha value is -2.71. The zero-order chi connectivity index (χ0) is 21.6. The maximum atomic E-state index is 13.4. The van der Waals surface area contributed by atoms with Crippen molar-refractivity contribution < 1.29 is 14.8 Å². The van der Waals surface area contributed by atoms with Gasteiger partial charge in [-0.3, -0.25) is 19.7 Å². The number of carbonyl (C=O) groups is 2. The monoisotopic (exact) mass is 423 g/mol. The number of hydrogen-bond donors (Lipinski definition) is 2. The number of amides is 2. The van der Waals surface area contributed by atoms with Crippen LogP contribution in [0.15, 0.2) is 36.4 Å². The van der Waals surface area contributed by atoms with Gasteiger partial charge in [0.05, 0.1) is 11.4 Å². The van der Waals surface area contributed by atoms with Crippen molar-refractivity contribution >= 4 is 28.5 Å². The molecule has 5 rings (SSSR count). The summed E-state index contributed by atoms with van der Waals surface area (Å²) in [6.07, 6.45) is 2.84. The number of fused-ring (bicyclic) bond motifs is 1. The number of aromatic nitrogens is 1. The van der Waals surface area contributed by atoms with Crippen LogP contribution in [-0.4, -0.2) is 77.6 Å². The number of carbonyl (C=O) groups excluding carboxylic acids is 2. The van der Waals surface area contributed by atoms with Crippen LogP contribution in [0.4, 0.5) is 5.82 Å². The van der Waals surface area contributed by atoms with E-state index in [0.29, 0.717) is 32.6 Å². The van der Waals surface area contributed by atoms with Gasteiger partial charge >= 0.3 is 0 Å². The van der Waals surface area contributed by atoms with Crippen LogP contribution in [0.1, 0.15) is 19.3 Å². The molecule has 8 nitrogen and oxygen atoms in total. The molecule has 3 heterocycles. The van der Waals surface area contributed by atoms with Gasteiger partial charge in [-0.15, -0.1) is 0 Å². The Morgan fingerprint density at radius 1 is 1.10 bits per heavy atom. The summed E-state index contributed by atoms with van der Waals surface area (Å²) in [6, 6.07) is 11.6. The lowest BCUT2D eigenvalue weighted by Gasteiger charge is -2.44. The van der Waals surface area contributed by atoms with Crippen molar-refractivity contribution in [3.8, 4) is 0 Å². The van der Waals surface area contributed by atoms with Gasteiger partial charge in [-0.2, -0.15) is 0 Å². The number of likely N-dealkylation sites (N-methyl/N-ethyl adjacent to an activating group) is 1. The molecule has 1 spiro atoms. The highest BCUT2D eigenvalue weighted by Crippen LogP contribution is 2.54. The van der Waals surface area contributed by atoms with Gasteiger partial charge in [-0.1, -0.05) is 18.2 Å². The summed E-state index contributed by atoms with van der Waals surface area (Å²) < 4.78 is 0. The van der Waals surface area contributed by atoms with E-state index in [0.717, 1.165) is 36.1 Å². The molecular weight excluding hydrogens is 394 g/mol. The van der Waals surface area contributed by atoms with Gasteiger partial charge in [0.25, 0.3) is 0 Å². The van der Waals surface area contributed by atoms with Crippen LogP contribution in [0.25, 0.3) is 10.9 Å². The Morgan fingerprint density at radius 3 is 2.55 bits per heavy atom. The van der Waals surface area contributed by atoms with E-state index in [1.807, 2.05) is 47.2 Å². The summed E-state index contributed by atoms with van der Waals surface area (Å²) in [7, 11) is 1.93. The summed E-state index contributed by atoms with van der Waals surface area (Å²) in [5.41, 5.74) is 2.91. The Bertz CT molecular complexity index is 1000. The van der Waals surface area contributed by atoms with Gasteiger partial charge in [0.2, 0.25) is 11.8 Å². The fraction of sp³-hybridized carbons (Fsp3) is 0.522. The normalized spacial score (nSPS) is 25.6. The molecule has 0 radical (unpaired) electrons. The van der Waals surface area contributed by atoms with Crippen molar-refractivity contribution in [1.82, 2.24) is 20.3 Å². The largest absolute Gasteiger partial charge is 0.353 e. The fourth-order valence-corrected chi connectivity index (χ4v) is 5.37. The number of nitrogens with zero attached hydrogens (tertiary/aromatic N) is 4. The number of likely N-dealkylation sites (tertiary alicyclic amines) is 1. The number of hydrogen-bond acceptors (Lipinski definition) is 6. The lowest BCUT2D eigenvalue weighted by atomic mass is 9.80. The van der Waals surface area contributed by atoms with Gasteiger partial charge < -0.3 is 9.80 Å². The molecule has 2 amide bonds. The zero-order valence-corrected chi connectivity index (χ0v) is 17.8. The molecule has 2 atom stereocenters. The molecule has 2 unspecified atom stereocenters. The topological polar surface area (TPSA) is 89.0 Å². The van der Waals surface area contributed by atoms with Crippen LogP contribution in [0, 0.1) is 11.3 Å². The Balaban J connectivity index is 1.28. The number of pyridine rings is 1. The van der Waals surface area contributed by atoms with E-state index in [2.05, 4.69) is 11.0 Å². The first-order valence-electron chi connectivity index (χ1n) is 11.0. The van der Waals surface area contributed by atoms with E-state index < -0.39 is 17.9 Å². The molecule has 31 heavy (non-hydrogen) atoms. The molecule has 3 fully saturated rings. The number of hydroxylamine groups is 1. The zero-order valence-electron chi connectivity index (χ0n) is 17.8. The molecule has 1 saturated carbocycles. The van der Waals surface area contributed by atoms with Crippen molar-refractivity contribution in [2.45, 2.75) is 25.3 Å². The van der Waals surface area contributed by atoms with E-state index in [-0.39, 0.29) is 11.3 Å². The Morgan fingerprint density at radius 2 is 1.84 bits per heavy atom. The highest BCUT2D eigenvalue weighted by atomic mass is 16.5. The minimum absolute atomic E-state index is 0.0160. The predicted molar refractivity (Wildman–Crippen MR) is 117 cm³/mol. The molecule has 164 valence electrons. The molecule has 2 aliphatic heterocycles. The first-order chi connectivity index (χ1) is 15.0. The van der Waals surface area contributed by atoms with E-state index in [1.165, 1.54) is 0 Å². The van der Waals surface area contributed by atoms with E-state index in [4.69, 9.17) is 4.98 Å².